The van der Waals surface area contributed by atoms with Gasteiger partial charge in [0.2, 0.25) is 0 Å². The Morgan fingerprint density at radius 1 is 1.12 bits per heavy atom. The van der Waals surface area contributed by atoms with Crippen molar-refractivity contribution in [2.75, 3.05) is 12.4 Å². The fourth-order valence-electron chi connectivity index (χ4n) is 2.06. The van der Waals surface area contributed by atoms with E-state index in [9.17, 15) is 9.59 Å². The molecule has 0 spiro atoms. The van der Waals surface area contributed by atoms with E-state index in [1.807, 2.05) is 12.1 Å². The number of benzene rings is 2. The molecule has 2 rings (SSSR count). The summed E-state index contributed by atoms with van der Waals surface area (Å²) in [6.07, 6.45) is 0. The maximum Gasteiger partial charge on any atom is 0.335 e. The van der Waals surface area contributed by atoms with Gasteiger partial charge in [-0.1, -0.05) is 15.9 Å². The summed E-state index contributed by atoms with van der Waals surface area (Å²) < 4.78 is 11.8. The van der Waals surface area contributed by atoms with Crippen molar-refractivity contribution < 1.29 is 24.2 Å². The summed E-state index contributed by atoms with van der Waals surface area (Å²) in [6, 6.07) is 11.3. The molecule has 0 aliphatic carbocycles. The minimum Gasteiger partial charge on any atom is -0.495 e. The van der Waals surface area contributed by atoms with Crippen molar-refractivity contribution in [3.63, 3.8) is 0 Å². The number of hydrogen-bond acceptors (Lipinski definition) is 4. The van der Waals surface area contributed by atoms with Crippen molar-refractivity contribution in [3.8, 4) is 11.5 Å². The van der Waals surface area contributed by atoms with Gasteiger partial charge in [-0.3, -0.25) is 4.79 Å². The second kappa shape index (κ2) is 7.57. The van der Waals surface area contributed by atoms with Crippen molar-refractivity contribution in [3.05, 3.63) is 52.5 Å². The first-order chi connectivity index (χ1) is 11.7. The second-order valence-electron chi connectivity index (χ2n) is 5.74. The second-order valence-corrected chi connectivity index (χ2v) is 6.66. The molecule has 0 aromatic heterocycles. The van der Waals surface area contributed by atoms with Crippen LogP contribution in [0.25, 0.3) is 0 Å². The van der Waals surface area contributed by atoms with Gasteiger partial charge in [0.05, 0.1) is 18.4 Å². The van der Waals surface area contributed by atoms with Gasteiger partial charge in [-0.15, -0.1) is 0 Å². The van der Waals surface area contributed by atoms with Gasteiger partial charge in [-0.25, -0.2) is 4.79 Å². The molecule has 0 heterocycles. The number of carboxylic acid groups (broad SMARTS) is 1. The molecule has 0 fully saturated rings. The van der Waals surface area contributed by atoms with E-state index in [-0.39, 0.29) is 11.3 Å². The minimum atomic E-state index is -1.18. The van der Waals surface area contributed by atoms with Crippen molar-refractivity contribution in [1.82, 2.24) is 0 Å². The molecular weight excluding hydrogens is 390 g/mol. The van der Waals surface area contributed by atoms with E-state index in [4.69, 9.17) is 14.6 Å². The molecule has 6 nitrogen and oxygen atoms in total. The maximum absolute atomic E-state index is 12.6. The predicted octanol–water partition coefficient (Wildman–Crippen LogP) is 3.95. The largest absolute Gasteiger partial charge is 0.495 e. The van der Waals surface area contributed by atoms with Gasteiger partial charge < -0.3 is 19.9 Å². The van der Waals surface area contributed by atoms with Crippen LogP contribution in [0.15, 0.2) is 46.9 Å². The third-order valence-corrected chi connectivity index (χ3v) is 3.96. The van der Waals surface area contributed by atoms with Crippen LogP contribution in [0.4, 0.5) is 5.69 Å². The summed E-state index contributed by atoms with van der Waals surface area (Å²) in [5, 5.41) is 11.8. The van der Waals surface area contributed by atoms with Crippen LogP contribution in [-0.4, -0.2) is 29.7 Å². The van der Waals surface area contributed by atoms with Gasteiger partial charge in [-0.05, 0) is 56.3 Å². The molecule has 0 aliphatic heterocycles. The highest BCUT2D eigenvalue weighted by molar-refractivity contribution is 9.10. The summed E-state index contributed by atoms with van der Waals surface area (Å²) >= 11 is 3.34. The highest BCUT2D eigenvalue weighted by Gasteiger charge is 2.31. The molecule has 0 bridgehead atoms. The third kappa shape index (κ3) is 4.73. The number of aromatic carboxylic acids is 1. The molecular formula is C18H18BrNO5. The first-order valence-electron chi connectivity index (χ1n) is 7.40. The van der Waals surface area contributed by atoms with Crippen LogP contribution in [0.1, 0.15) is 24.2 Å². The average Bonchev–Trinajstić information content (AvgIpc) is 2.56. The molecule has 132 valence electrons. The SMILES string of the molecule is COc1ccc(C(=O)O)cc1NC(=O)C(C)(C)Oc1ccc(Br)cc1. The number of methoxy groups -OCH3 is 1. The van der Waals surface area contributed by atoms with Crippen LogP contribution in [0.2, 0.25) is 0 Å². The lowest BCUT2D eigenvalue weighted by Crippen LogP contribution is -2.42. The van der Waals surface area contributed by atoms with E-state index in [0.29, 0.717) is 11.5 Å². The molecule has 1 amide bonds. The van der Waals surface area contributed by atoms with E-state index in [0.717, 1.165) is 4.47 Å². The molecule has 0 aliphatic rings. The average molecular weight is 408 g/mol. The van der Waals surface area contributed by atoms with E-state index in [1.165, 1.54) is 25.3 Å². The highest BCUT2D eigenvalue weighted by Crippen LogP contribution is 2.28. The Bertz CT molecular complexity index is 787. The number of hydrogen-bond donors (Lipinski definition) is 2. The first-order valence-corrected chi connectivity index (χ1v) is 8.19. The van der Waals surface area contributed by atoms with Crippen molar-refractivity contribution in [2.45, 2.75) is 19.4 Å². The predicted molar refractivity (Wildman–Crippen MR) is 97.4 cm³/mol. The molecule has 7 heteroatoms. The number of halogens is 1. The number of carboxylic acids is 1. The van der Waals surface area contributed by atoms with E-state index in [2.05, 4.69) is 21.2 Å². The zero-order chi connectivity index (χ0) is 18.6. The Morgan fingerprint density at radius 2 is 1.76 bits per heavy atom. The van der Waals surface area contributed by atoms with Crippen molar-refractivity contribution >= 4 is 33.5 Å². The quantitative estimate of drug-likeness (QED) is 0.756. The molecule has 25 heavy (non-hydrogen) atoms. The van der Waals surface area contributed by atoms with Crippen LogP contribution in [0.5, 0.6) is 11.5 Å². The van der Waals surface area contributed by atoms with Gasteiger partial charge in [0.25, 0.3) is 5.91 Å². The number of nitrogens with one attached hydrogen (secondary N) is 1. The topological polar surface area (TPSA) is 84.9 Å². The van der Waals surface area contributed by atoms with Gasteiger partial charge in [0, 0.05) is 4.47 Å². The Balaban J connectivity index is 2.20. The smallest absolute Gasteiger partial charge is 0.335 e. The maximum atomic E-state index is 12.6. The number of rotatable bonds is 6. The normalized spacial score (nSPS) is 10.9. The van der Waals surface area contributed by atoms with E-state index in [1.54, 1.807) is 26.0 Å². The standard InChI is InChI=1S/C18H18BrNO5/c1-18(2,25-13-7-5-12(19)6-8-13)17(23)20-14-10-11(16(21)22)4-9-15(14)24-3/h4-10H,1-3H3,(H,20,23)(H,21,22). The lowest BCUT2D eigenvalue weighted by atomic mass is 10.1. The van der Waals surface area contributed by atoms with Crippen LogP contribution in [0.3, 0.4) is 0 Å². The molecule has 2 aromatic carbocycles. The zero-order valence-corrected chi connectivity index (χ0v) is 15.6. The van der Waals surface area contributed by atoms with Crippen LogP contribution in [-0.2, 0) is 4.79 Å². The van der Waals surface area contributed by atoms with Gasteiger partial charge in [0.15, 0.2) is 5.60 Å². The number of ether oxygens (including phenoxy) is 2. The zero-order valence-electron chi connectivity index (χ0n) is 14.0. The van der Waals surface area contributed by atoms with Crippen LogP contribution >= 0.6 is 15.9 Å². The lowest BCUT2D eigenvalue weighted by Gasteiger charge is -2.26. The molecule has 0 saturated heterocycles. The molecule has 0 radical (unpaired) electrons. The number of carbonyl (C=O) groups excluding carboxylic acids is 1. The molecule has 0 unspecified atom stereocenters. The molecule has 0 atom stereocenters. The van der Waals surface area contributed by atoms with Crippen LogP contribution < -0.4 is 14.8 Å². The monoisotopic (exact) mass is 407 g/mol. The third-order valence-electron chi connectivity index (χ3n) is 3.43. The molecule has 2 N–H and O–H groups in total. The van der Waals surface area contributed by atoms with Gasteiger partial charge in [-0.2, -0.15) is 0 Å². The summed E-state index contributed by atoms with van der Waals surface area (Å²) in [6.45, 7) is 3.25. The Kier molecular flexibility index (Phi) is 5.69. The van der Waals surface area contributed by atoms with Gasteiger partial charge >= 0.3 is 5.97 Å². The van der Waals surface area contributed by atoms with Crippen molar-refractivity contribution in [2.24, 2.45) is 0 Å². The fraction of sp³-hybridized carbons (Fsp3) is 0.222. The van der Waals surface area contributed by atoms with Gasteiger partial charge in [0.1, 0.15) is 11.5 Å². The highest BCUT2D eigenvalue weighted by atomic mass is 79.9. The summed E-state index contributed by atoms with van der Waals surface area (Å²) in [4.78, 5) is 23.7. The van der Waals surface area contributed by atoms with Crippen LogP contribution in [0, 0.1) is 0 Å². The summed E-state index contributed by atoms with van der Waals surface area (Å²) in [5.41, 5.74) is -0.874. The number of anilines is 1. The molecule has 0 saturated carbocycles. The Hall–Kier alpha value is -2.54. The Morgan fingerprint density at radius 3 is 2.32 bits per heavy atom. The van der Waals surface area contributed by atoms with E-state index < -0.39 is 17.5 Å². The number of amides is 1. The fourth-order valence-corrected chi connectivity index (χ4v) is 2.32. The summed E-state index contributed by atoms with van der Waals surface area (Å²) in [5.74, 6) is -0.632. The number of carbonyl (C=O) groups is 2. The van der Waals surface area contributed by atoms with E-state index >= 15 is 0 Å². The molecule has 2 aromatic rings. The minimum absolute atomic E-state index is 0.0442. The first kappa shape index (κ1) is 18.8. The Labute approximate surface area is 153 Å². The van der Waals surface area contributed by atoms with Crippen molar-refractivity contribution in [1.29, 1.82) is 0 Å². The lowest BCUT2D eigenvalue weighted by molar-refractivity contribution is -0.128. The summed E-state index contributed by atoms with van der Waals surface area (Å²) in [7, 11) is 1.44.